The van der Waals surface area contributed by atoms with Crippen molar-refractivity contribution in [2.45, 2.75) is 24.1 Å². The van der Waals surface area contributed by atoms with E-state index in [1.54, 1.807) is 5.56 Å². The van der Waals surface area contributed by atoms with Gasteiger partial charge in [0.2, 0.25) is 0 Å². The van der Waals surface area contributed by atoms with Gasteiger partial charge in [-0.25, -0.2) is 0 Å². The van der Waals surface area contributed by atoms with Gasteiger partial charge in [0.05, 0.1) is 0 Å². The summed E-state index contributed by atoms with van der Waals surface area (Å²) in [6.07, 6.45) is 6.16. The van der Waals surface area contributed by atoms with Crippen LogP contribution >= 0.6 is 27.7 Å². The van der Waals surface area contributed by atoms with Gasteiger partial charge in [-0.15, -0.1) is 0 Å². The van der Waals surface area contributed by atoms with Crippen molar-refractivity contribution in [3.8, 4) is 0 Å². The third kappa shape index (κ3) is 2.59. The fourth-order valence-electron chi connectivity index (χ4n) is 2.37. The minimum atomic E-state index is 0.593. The van der Waals surface area contributed by atoms with Crippen LogP contribution in [0.15, 0.2) is 24.3 Å². The van der Waals surface area contributed by atoms with Crippen LogP contribution in [0.25, 0.3) is 0 Å². The van der Waals surface area contributed by atoms with Gasteiger partial charge in [0.25, 0.3) is 0 Å². The lowest BCUT2D eigenvalue weighted by Gasteiger charge is -2.13. The van der Waals surface area contributed by atoms with E-state index in [9.17, 15) is 0 Å². The van der Waals surface area contributed by atoms with Crippen LogP contribution in [0.2, 0.25) is 0 Å². The zero-order valence-corrected chi connectivity index (χ0v) is 11.5. The molecule has 0 spiro atoms. The van der Waals surface area contributed by atoms with E-state index in [2.05, 4.69) is 46.5 Å². The van der Waals surface area contributed by atoms with Gasteiger partial charge in [-0.05, 0) is 48.3 Å². The van der Waals surface area contributed by atoms with Crippen molar-refractivity contribution in [1.29, 1.82) is 0 Å². The number of fused-ring (bicyclic) bond motifs is 1. The second-order valence-electron chi connectivity index (χ2n) is 4.20. The molecule has 1 aromatic carbocycles. The highest BCUT2D eigenvalue weighted by atomic mass is 79.9. The SMILES string of the molecule is CSCCCC1Cc2ccccc2C1Br. The largest absolute Gasteiger partial charge is 0.165 e. The number of hydrogen-bond donors (Lipinski definition) is 0. The highest BCUT2D eigenvalue weighted by Crippen LogP contribution is 2.44. The number of rotatable bonds is 4. The zero-order chi connectivity index (χ0) is 10.7. The first-order chi connectivity index (χ1) is 7.33. The summed E-state index contributed by atoms with van der Waals surface area (Å²) in [5, 5.41) is 0. The molecule has 0 heterocycles. The fourth-order valence-corrected chi connectivity index (χ4v) is 3.72. The van der Waals surface area contributed by atoms with Gasteiger partial charge in [0.15, 0.2) is 0 Å². The normalized spacial score (nSPS) is 24.1. The fraction of sp³-hybridized carbons (Fsp3) is 0.538. The molecule has 0 aliphatic heterocycles. The Labute approximate surface area is 105 Å². The number of halogens is 1. The van der Waals surface area contributed by atoms with Crippen molar-refractivity contribution in [1.82, 2.24) is 0 Å². The Bertz CT molecular complexity index is 324. The highest BCUT2D eigenvalue weighted by molar-refractivity contribution is 9.09. The first kappa shape index (κ1) is 11.5. The predicted octanol–water partition coefficient (Wildman–Crippen LogP) is 4.44. The van der Waals surface area contributed by atoms with Gasteiger partial charge in [-0.2, -0.15) is 11.8 Å². The smallest absolute Gasteiger partial charge is 0.0429 e. The van der Waals surface area contributed by atoms with E-state index in [0.29, 0.717) is 4.83 Å². The van der Waals surface area contributed by atoms with Gasteiger partial charge >= 0.3 is 0 Å². The van der Waals surface area contributed by atoms with Crippen LogP contribution in [0, 0.1) is 5.92 Å². The maximum Gasteiger partial charge on any atom is 0.0429 e. The lowest BCUT2D eigenvalue weighted by Crippen LogP contribution is -2.02. The number of thioether (sulfide) groups is 1. The summed E-state index contributed by atoms with van der Waals surface area (Å²) in [6.45, 7) is 0. The van der Waals surface area contributed by atoms with E-state index >= 15 is 0 Å². The molecular weight excluding hydrogens is 268 g/mol. The Hall–Kier alpha value is 0.0500. The van der Waals surface area contributed by atoms with E-state index < -0.39 is 0 Å². The molecule has 2 rings (SSSR count). The van der Waals surface area contributed by atoms with Crippen LogP contribution < -0.4 is 0 Å². The van der Waals surface area contributed by atoms with Gasteiger partial charge in [-0.3, -0.25) is 0 Å². The van der Waals surface area contributed by atoms with E-state index in [-0.39, 0.29) is 0 Å². The van der Waals surface area contributed by atoms with Gasteiger partial charge in [-0.1, -0.05) is 40.2 Å². The number of hydrogen-bond acceptors (Lipinski definition) is 1. The Morgan fingerprint density at radius 3 is 2.93 bits per heavy atom. The summed E-state index contributed by atoms with van der Waals surface area (Å²) in [5.41, 5.74) is 3.07. The van der Waals surface area contributed by atoms with E-state index in [1.165, 1.54) is 30.6 Å². The molecule has 82 valence electrons. The number of alkyl halides is 1. The van der Waals surface area contributed by atoms with Crippen molar-refractivity contribution in [3.05, 3.63) is 35.4 Å². The van der Waals surface area contributed by atoms with Crippen LogP contribution in [-0.4, -0.2) is 12.0 Å². The van der Waals surface area contributed by atoms with Gasteiger partial charge in [0.1, 0.15) is 0 Å². The molecule has 2 heteroatoms. The third-order valence-corrected chi connectivity index (χ3v) is 5.11. The summed E-state index contributed by atoms with van der Waals surface area (Å²) < 4.78 is 0. The van der Waals surface area contributed by atoms with Crippen molar-refractivity contribution in [3.63, 3.8) is 0 Å². The minimum absolute atomic E-state index is 0.593. The third-order valence-electron chi connectivity index (χ3n) is 3.17. The second kappa shape index (κ2) is 5.40. The molecule has 0 N–H and O–H groups in total. The van der Waals surface area contributed by atoms with Crippen molar-refractivity contribution in [2.24, 2.45) is 5.92 Å². The second-order valence-corrected chi connectivity index (χ2v) is 6.17. The molecule has 2 atom stereocenters. The molecule has 0 saturated carbocycles. The molecule has 0 bridgehead atoms. The van der Waals surface area contributed by atoms with Crippen molar-refractivity contribution in [2.75, 3.05) is 12.0 Å². The molecule has 0 amide bonds. The summed E-state index contributed by atoms with van der Waals surface area (Å²) in [6, 6.07) is 8.85. The topological polar surface area (TPSA) is 0 Å². The highest BCUT2D eigenvalue weighted by Gasteiger charge is 2.29. The van der Waals surface area contributed by atoms with Crippen LogP contribution in [0.1, 0.15) is 28.8 Å². The Balaban J connectivity index is 1.97. The molecule has 0 nitrogen and oxygen atoms in total. The van der Waals surface area contributed by atoms with Gasteiger partial charge in [0, 0.05) is 4.83 Å². The lowest BCUT2D eigenvalue weighted by atomic mass is 10.0. The molecule has 15 heavy (non-hydrogen) atoms. The molecule has 0 saturated heterocycles. The maximum absolute atomic E-state index is 3.85. The van der Waals surface area contributed by atoms with Crippen LogP contribution in [0.3, 0.4) is 0 Å². The first-order valence-corrected chi connectivity index (χ1v) is 7.84. The standard InChI is InChI=1S/C13H17BrS/c1-15-8-4-6-11-9-10-5-2-3-7-12(10)13(11)14/h2-3,5,7,11,13H,4,6,8-9H2,1H3. The average molecular weight is 285 g/mol. The van der Waals surface area contributed by atoms with Crippen LogP contribution in [0.5, 0.6) is 0 Å². The van der Waals surface area contributed by atoms with Crippen LogP contribution in [-0.2, 0) is 6.42 Å². The number of benzene rings is 1. The lowest BCUT2D eigenvalue weighted by molar-refractivity contribution is 0.506. The molecule has 1 aromatic rings. The summed E-state index contributed by atoms with van der Waals surface area (Å²) in [5.74, 6) is 2.11. The quantitative estimate of drug-likeness (QED) is 0.582. The molecule has 0 aromatic heterocycles. The average Bonchev–Trinajstić information content (AvgIpc) is 2.57. The Morgan fingerprint density at radius 2 is 2.20 bits per heavy atom. The first-order valence-electron chi connectivity index (χ1n) is 5.53. The molecule has 1 aliphatic carbocycles. The molecule has 0 radical (unpaired) electrons. The predicted molar refractivity (Wildman–Crippen MR) is 72.9 cm³/mol. The van der Waals surface area contributed by atoms with E-state index in [4.69, 9.17) is 0 Å². The van der Waals surface area contributed by atoms with E-state index in [0.717, 1.165) is 5.92 Å². The van der Waals surface area contributed by atoms with Crippen molar-refractivity contribution >= 4 is 27.7 Å². The minimum Gasteiger partial charge on any atom is -0.165 e. The van der Waals surface area contributed by atoms with Crippen molar-refractivity contribution < 1.29 is 0 Å². The molecular formula is C13H17BrS. The summed E-state index contributed by atoms with van der Waals surface area (Å²) >= 11 is 5.80. The Kier molecular flexibility index (Phi) is 4.15. The summed E-state index contributed by atoms with van der Waals surface area (Å²) in [4.78, 5) is 0.593. The maximum atomic E-state index is 3.85. The zero-order valence-electron chi connectivity index (χ0n) is 9.08. The molecule has 0 fully saturated rings. The van der Waals surface area contributed by atoms with Gasteiger partial charge < -0.3 is 0 Å². The van der Waals surface area contributed by atoms with Crippen LogP contribution in [0.4, 0.5) is 0 Å². The summed E-state index contributed by atoms with van der Waals surface area (Å²) in [7, 11) is 0. The molecule has 1 aliphatic rings. The Morgan fingerprint density at radius 1 is 1.40 bits per heavy atom. The molecule has 2 unspecified atom stereocenters. The monoisotopic (exact) mass is 284 g/mol. The van der Waals surface area contributed by atoms with E-state index in [1.807, 2.05) is 11.8 Å².